The quantitative estimate of drug-likeness (QED) is 0.889. The zero-order valence-electron chi connectivity index (χ0n) is 10.3. The Balaban J connectivity index is 2.12. The van der Waals surface area contributed by atoms with Crippen LogP contribution in [0.4, 0.5) is 0 Å². The molecule has 19 heavy (non-hydrogen) atoms. The number of thioether (sulfide) groups is 1. The first-order valence-corrected chi connectivity index (χ1v) is 6.97. The first kappa shape index (κ1) is 13.6. The number of rotatable bonds is 5. The Morgan fingerprint density at radius 3 is 3.05 bits per heavy atom. The van der Waals surface area contributed by atoms with Gasteiger partial charge in [0.25, 0.3) is 0 Å². The molecule has 1 N–H and O–H groups in total. The molecule has 0 radical (unpaired) electrons. The third-order valence-electron chi connectivity index (χ3n) is 2.72. The number of hydrogen-bond donors (Lipinski definition) is 1. The van der Waals surface area contributed by atoms with Crippen LogP contribution in [0.2, 0.25) is 0 Å². The number of carboxylic acid groups (broad SMARTS) is 1. The van der Waals surface area contributed by atoms with Gasteiger partial charge in [0.05, 0.1) is 11.4 Å². The van der Waals surface area contributed by atoms with E-state index in [4.69, 9.17) is 5.11 Å². The fraction of sp³-hybridized carbons (Fsp3) is 0.308. The van der Waals surface area contributed by atoms with Crippen molar-refractivity contribution in [2.75, 3.05) is 12.3 Å². The second kappa shape index (κ2) is 6.38. The predicted molar refractivity (Wildman–Crippen MR) is 73.3 cm³/mol. The molecule has 1 aliphatic rings. The van der Waals surface area contributed by atoms with Crippen LogP contribution in [0.5, 0.6) is 0 Å². The number of carbonyl (C=O) groups is 2. The molecular formula is C13H14N2O3S. The molecule has 1 aromatic rings. The fourth-order valence-corrected chi connectivity index (χ4v) is 2.64. The molecule has 1 aromatic heterocycles. The molecule has 1 amide bonds. The summed E-state index contributed by atoms with van der Waals surface area (Å²) in [6.45, 7) is 0.423. The average Bonchev–Trinajstić information content (AvgIpc) is 2.41. The van der Waals surface area contributed by atoms with Gasteiger partial charge in [-0.05, 0) is 24.0 Å². The van der Waals surface area contributed by atoms with E-state index < -0.39 is 5.97 Å². The summed E-state index contributed by atoms with van der Waals surface area (Å²) in [7, 11) is 0. The number of nitrogens with zero attached hydrogens (tertiary/aromatic N) is 2. The van der Waals surface area contributed by atoms with Crippen molar-refractivity contribution in [2.45, 2.75) is 12.8 Å². The van der Waals surface area contributed by atoms with Gasteiger partial charge in [-0.1, -0.05) is 0 Å². The van der Waals surface area contributed by atoms with Gasteiger partial charge in [0, 0.05) is 30.9 Å². The molecule has 0 spiro atoms. The molecule has 1 aliphatic heterocycles. The largest absolute Gasteiger partial charge is 0.481 e. The second-order valence-corrected chi connectivity index (χ2v) is 4.96. The van der Waals surface area contributed by atoms with E-state index in [1.165, 1.54) is 11.8 Å². The second-order valence-electron chi connectivity index (χ2n) is 4.10. The molecule has 0 aromatic carbocycles. The molecule has 0 saturated heterocycles. The fourth-order valence-electron chi connectivity index (χ4n) is 1.84. The smallest absolute Gasteiger partial charge is 0.303 e. The van der Waals surface area contributed by atoms with Crippen molar-refractivity contribution < 1.29 is 14.7 Å². The normalized spacial score (nSPS) is 15.3. The van der Waals surface area contributed by atoms with Crippen LogP contribution < -0.4 is 0 Å². The number of carboxylic acids is 1. The molecule has 2 rings (SSSR count). The number of aromatic nitrogens is 1. The highest BCUT2D eigenvalue weighted by Gasteiger charge is 2.23. The van der Waals surface area contributed by atoms with Crippen LogP contribution in [0.15, 0.2) is 29.9 Å². The molecule has 0 unspecified atom stereocenters. The molecule has 0 aliphatic carbocycles. The topological polar surface area (TPSA) is 70.5 Å². The van der Waals surface area contributed by atoms with E-state index >= 15 is 0 Å². The van der Waals surface area contributed by atoms with Crippen molar-refractivity contribution in [1.29, 1.82) is 0 Å². The number of pyridine rings is 1. The lowest BCUT2D eigenvalue weighted by atomic mass is 10.2. The van der Waals surface area contributed by atoms with Crippen LogP contribution in [0.25, 0.3) is 5.70 Å². The van der Waals surface area contributed by atoms with E-state index in [1.807, 2.05) is 17.5 Å². The predicted octanol–water partition coefficient (Wildman–Crippen LogP) is 1.82. The van der Waals surface area contributed by atoms with Crippen LogP contribution >= 0.6 is 11.8 Å². The van der Waals surface area contributed by atoms with Crippen molar-refractivity contribution in [3.8, 4) is 0 Å². The third-order valence-corrected chi connectivity index (χ3v) is 3.53. The summed E-state index contributed by atoms with van der Waals surface area (Å²) >= 11 is 1.45. The maximum atomic E-state index is 12.0. The van der Waals surface area contributed by atoms with Crippen molar-refractivity contribution >= 4 is 29.3 Å². The summed E-state index contributed by atoms with van der Waals surface area (Å²) in [6.07, 6.45) is 3.90. The molecule has 0 fully saturated rings. The lowest BCUT2D eigenvalue weighted by Crippen LogP contribution is -2.34. The first-order valence-electron chi connectivity index (χ1n) is 5.93. The lowest BCUT2D eigenvalue weighted by Gasteiger charge is -2.28. The van der Waals surface area contributed by atoms with Crippen LogP contribution in [0, 0.1) is 0 Å². The Bertz CT molecular complexity index is 502. The standard InChI is InChI=1S/C13H14N2O3S/c16-12-9-19-8-11(10-3-1-5-14-7-10)15(12)6-2-4-13(17)18/h1,3,5,7-8H,2,4,6,9H2,(H,17,18). The zero-order chi connectivity index (χ0) is 13.7. The Morgan fingerprint density at radius 2 is 2.37 bits per heavy atom. The van der Waals surface area contributed by atoms with E-state index in [2.05, 4.69) is 4.98 Å². The minimum atomic E-state index is -0.842. The van der Waals surface area contributed by atoms with Crippen LogP contribution in [-0.4, -0.2) is 39.2 Å². The van der Waals surface area contributed by atoms with Gasteiger partial charge in [-0.3, -0.25) is 14.6 Å². The van der Waals surface area contributed by atoms with Crippen molar-refractivity contribution in [2.24, 2.45) is 0 Å². The molecule has 0 atom stereocenters. The van der Waals surface area contributed by atoms with Gasteiger partial charge < -0.3 is 10.0 Å². The first-order chi connectivity index (χ1) is 9.18. The summed E-state index contributed by atoms with van der Waals surface area (Å²) < 4.78 is 0. The molecule has 0 bridgehead atoms. The van der Waals surface area contributed by atoms with Crippen molar-refractivity contribution in [1.82, 2.24) is 9.88 Å². The van der Waals surface area contributed by atoms with Gasteiger partial charge >= 0.3 is 5.97 Å². The minimum Gasteiger partial charge on any atom is -0.481 e. The maximum absolute atomic E-state index is 12.0. The Hall–Kier alpha value is -1.82. The summed E-state index contributed by atoms with van der Waals surface area (Å²) in [4.78, 5) is 28.2. The summed E-state index contributed by atoms with van der Waals surface area (Å²) in [6, 6.07) is 3.71. The van der Waals surface area contributed by atoms with E-state index in [0.29, 0.717) is 18.7 Å². The molecule has 5 nitrogen and oxygen atoms in total. The highest BCUT2D eigenvalue weighted by molar-refractivity contribution is 8.03. The third kappa shape index (κ3) is 3.57. The number of amides is 1. The van der Waals surface area contributed by atoms with Crippen molar-refractivity contribution in [3.63, 3.8) is 0 Å². The van der Waals surface area contributed by atoms with Gasteiger partial charge in [-0.15, -0.1) is 11.8 Å². The van der Waals surface area contributed by atoms with E-state index in [0.717, 1.165) is 11.3 Å². The van der Waals surface area contributed by atoms with E-state index in [1.54, 1.807) is 17.3 Å². The average molecular weight is 278 g/mol. The number of carbonyl (C=O) groups excluding carboxylic acids is 1. The molecular weight excluding hydrogens is 264 g/mol. The SMILES string of the molecule is O=C(O)CCCN1C(=O)CSC=C1c1cccnc1. The molecule has 6 heteroatoms. The number of aliphatic carboxylic acids is 1. The maximum Gasteiger partial charge on any atom is 0.303 e. The van der Waals surface area contributed by atoms with Crippen molar-refractivity contribution in [3.05, 3.63) is 35.5 Å². The Morgan fingerprint density at radius 1 is 1.53 bits per heavy atom. The van der Waals surface area contributed by atoms with Crippen LogP contribution in [0.1, 0.15) is 18.4 Å². The molecule has 100 valence electrons. The highest BCUT2D eigenvalue weighted by atomic mass is 32.2. The van der Waals surface area contributed by atoms with Gasteiger partial charge in [-0.25, -0.2) is 0 Å². The summed E-state index contributed by atoms with van der Waals surface area (Å²) in [5, 5.41) is 10.6. The summed E-state index contributed by atoms with van der Waals surface area (Å²) in [5.41, 5.74) is 1.68. The van der Waals surface area contributed by atoms with Gasteiger partial charge in [-0.2, -0.15) is 0 Å². The van der Waals surface area contributed by atoms with Gasteiger partial charge in [0.15, 0.2) is 0 Å². The summed E-state index contributed by atoms with van der Waals surface area (Å²) in [5.74, 6) is -0.431. The minimum absolute atomic E-state index is 0.0109. The highest BCUT2D eigenvalue weighted by Crippen LogP contribution is 2.27. The lowest BCUT2D eigenvalue weighted by molar-refractivity contribution is -0.137. The Labute approximate surface area is 115 Å². The van der Waals surface area contributed by atoms with E-state index in [9.17, 15) is 9.59 Å². The van der Waals surface area contributed by atoms with Crippen LogP contribution in [-0.2, 0) is 9.59 Å². The van der Waals surface area contributed by atoms with Crippen LogP contribution in [0.3, 0.4) is 0 Å². The number of hydrogen-bond acceptors (Lipinski definition) is 4. The molecule has 0 saturated carbocycles. The Kier molecular flexibility index (Phi) is 4.57. The molecule has 2 heterocycles. The monoisotopic (exact) mass is 278 g/mol. The van der Waals surface area contributed by atoms with E-state index in [-0.39, 0.29) is 12.3 Å². The zero-order valence-corrected chi connectivity index (χ0v) is 11.1. The van der Waals surface area contributed by atoms with Gasteiger partial charge in [0.1, 0.15) is 0 Å². The van der Waals surface area contributed by atoms with Gasteiger partial charge in [0.2, 0.25) is 5.91 Å².